The first-order valence-electron chi connectivity index (χ1n) is 9.65. The Balaban J connectivity index is 1.70. The Labute approximate surface area is 161 Å². The van der Waals surface area contributed by atoms with Crippen LogP contribution >= 0.6 is 0 Å². The zero-order valence-electron chi connectivity index (χ0n) is 16.9. The van der Waals surface area contributed by atoms with Gasteiger partial charge in [-0.05, 0) is 12.1 Å². The summed E-state index contributed by atoms with van der Waals surface area (Å²) in [5.41, 5.74) is 1.06. The molecule has 3 heterocycles. The Morgan fingerprint density at radius 1 is 1.15 bits per heavy atom. The standard InChI is InChI=1S/C21H29FN4O/c1-14(2)20-24-17(21(3,4)5)12-19(25-20)26-10-8-15(9-11-26)27-16-6-7-18(22)23-13-16/h6-7,12-15H,8-11H2,1-5H3. The van der Waals surface area contributed by atoms with Crippen LogP contribution in [0.1, 0.15) is 64.9 Å². The van der Waals surface area contributed by atoms with Crippen molar-refractivity contribution in [3.8, 4) is 5.75 Å². The summed E-state index contributed by atoms with van der Waals surface area (Å²) in [6.45, 7) is 12.5. The average Bonchev–Trinajstić information content (AvgIpc) is 2.63. The summed E-state index contributed by atoms with van der Waals surface area (Å²) >= 11 is 0. The first-order valence-corrected chi connectivity index (χ1v) is 9.65. The second-order valence-corrected chi connectivity index (χ2v) is 8.50. The van der Waals surface area contributed by atoms with Crippen molar-refractivity contribution in [2.75, 3.05) is 18.0 Å². The van der Waals surface area contributed by atoms with Crippen LogP contribution in [0.25, 0.3) is 0 Å². The van der Waals surface area contributed by atoms with Gasteiger partial charge in [0.05, 0.1) is 11.9 Å². The van der Waals surface area contributed by atoms with E-state index in [1.807, 2.05) is 0 Å². The molecule has 0 unspecified atom stereocenters. The zero-order valence-corrected chi connectivity index (χ0v) is 16.9. The minimum absolute atomic E-state index is 0.0155. The van der Waals surface area contributed by atoms with Gasteiger partial charge in [0.1, 0.15) is 23.5 Å². The number of rotatable bonds is 4. The third-order valence-corrected chi connectivity index (χ3v) is 4.78. The fraction of sp³-hybridized carbons (Fsp3) is 0.571. The molecule has 0 aliphatic carbocycles. The van der Waals surface area contributed by atoms with Gasteiger partial charge in [-0.2, -0.15) is 4.39 Å². The van der Waals surface area contributed by atoms with Gasteiger partial charge in [0.15, 0.2) is 0 Å². The highest BCUT2D eigenvalue weighted by Gasteiger charge is 2.25. The summed E-state index contributed by atoms with van der Waals surface area (Å²) in [6, 6.07) is 5.08. The van der Waals surface area contributed by atoms with Crippen molar-refractivity contribution >= 4 is 5.82 Å². The van der Waals surface area contributed by atoms with Crippen LogP contribution in [0.15, 0.2) is 24.4 Å². The lowest BCUT2D eigenvalue weighted by Crippen LogP contribution is -2.39. The van der Waals surface area contributed by atoms with Crippen molar-refractivity contribution < 1.29 is 9.13 Å². The molecule has 0 aromatic carbocycles. The van der Waals surface area contributed by atoms with E-state index in [1.165, 1.54) is 12.3 Å². The molecule has 0 N–H and O–H groups in total. The summed E-state index contributed by atoms with van der Waals surface area (Å²) in [4.78, 5) is 15.5. The number of hydrogen-bond donors (Lipinski definition) is 0. The average molecular weight is 372 g/mol. The van der Waals surface area contributed by atoms with E-state index in [0.29, 0.717) is 5.75 Å². The smallest absolute Gasteiger partial charge is 0.213 e. The zero-order chi connectivity index (χ0) is 19.6. The molecular formula is C21H29FN4O. The van der Waals surface area contributed by atoms with E-state index in [9.17, 15) is 4.39 Å². The largest absolute Gasteiger partial charge is 0.489 e. The number of hydrogen-bond acceptors (Lipinski definition) is 5. The van der Waals surface area contributed by atoms with Crippen LogP contribution in [-0.2, 0) is 5.41 Å². The van der Waals surface area contributed by atoms with E-state index >= 15 is 0 Å². The Kier molecular flexibility index (Phi) is 5.63. The molecule has 0 atom stereocenters. The number of nitrogens with zero attached hydrogens (tertiary/aromatic N) is 4. The summed E-state index contributed by atoms with van der Waals surface area (Å²) < 4.78 is 18.9. The molecule has 0 bridgehead atoms. The molecule has 6 heteroatoms. The van der Waals surface area contributed by atoms with Crippen molar-refractivity contribution in [1.82, 2.24) is 15.0 Å². The topological polar surface area (TPSA) is 51.1 Å². The fourth-order valence-electron chi connectivity index (χ4n) is 3.08. The van der Waals surface area contributed by atoms with Crippen LogP contribution in [0.4, 0.5) is 10.2 Å². The van der Waals surface area contributed by atoms with Gasteiger partial charge in [0.2, 0.25) is 5.95 Å². The number of pyridine rings is 1. The van der Waals surface area contributed by atoms with Crippen molar-refractivity contribution in [1.29, 1.82) is 0 Å². The van der Waals surface area contributed by atoms with Gasteiger partial charge in [0.25, 0.3) is 0 Å². The maximum Gasteiger partial charge on any atom is 0.213 e. The lowest BCUT2D eigenvalue weighted by Gasteiger charge is -2.34. The number of ether oxygens (including phenoxy) is 1. The van der Waals surface area contributed by atoms with Gasteiger partial charge < -0.3 is 9.64 Å². The highest BCUT2D eigenvalue weighted by molar-refractivity contribution is 5.42. The van der Waals surface area contributed by atoms with Crippen LogP contribution in [0.2, 0.25) is 0 Å². The summed E-state index contributed by atoms with van der Waals surface area (Å²) in [5, 5.41) is 0. The molecule has 27 heavy (non-hydrogen) atoms. The Bertz CT molecular complexity index is 763. The normalized spacial score (nSPS) is 16.0. The molecular weight excluding hydrogens is 343 g/mol. The van der Waals surface area contributed by atoms with Gasteiger partial charge in [-0.3, -0.25) is 0 Å². The lowest BCUT2D eigenvalue weighted by atomic mass is 9.91. The molecule has 1 aliphatic rings. The van der Waals surface area contributed by atoms with E-state index in [1.54, 1.807) is 6.07 Å². The van der Waals surface area contributed by atoms with Crippen molar-refractivity contribution in [3.05, 3.63) is 41.9 Å². The van der Waals surface area contributed by atoms with Gasteiger partial charge in [-0.1, -0.05) is 34.6 Å². The highest BCUT2D eigenvalue weighted by atomic mass is 19.1. The van der Waals surface area contributed by atoms with Crippen molar-refractivity contribution in [2.24, 2.45) is 0 Å². The van der Waals surface area contributed by atoms with Crippen LogP contribution in [-0.4, -0.2) is 34.1 Å². The van der Waals surface area contributed by atoms with Crippen molar-refractivity contribution in [3.63, 3.8) is 0 Å². The first kappa shape index (κ1) is 19.5. The lowest BCUT2D eigenvalue weighted by molar-refractivity contribution is 0.169. The predicted octanol–water partition coefficient (Wildman–Crippen LogP) is 4.48. The van der Waals surface area contributed by atoms with E-state index in [-0.39, 0.29) is 17.4 Å². The maximum atomic E-state index is 12.9. The molecule has 5 nitrogen and oxygen atoms in total. The molecule has 1 aliphatic heterocycles. The van der Waals surface area contributed by atoms with E-state index in [0.717, 1.165) is 43.3 Å². The molecule has 1 saturated heterocycles. The second-order valence-electron chi connectivity index (χ2n) is 8.50. The van der Waals surface area contributed by atoms with E-state index in [2.05, 4.69) is 50.6 Å². The predicted molar refractivity (Wildman–Crippen MR) is 105 cm³/mol. The highest BCUT2D eigenvalue weighted by Crippen LogP contribution is 2.28. The number of piperidine rings is 1. The number of anilines is 1. The Morgan fingerprint density at radius 2 is 1.85 bits per heavy atom. The van der Waals surface area contributed by atoms with E-state index < -0.39 is 5.95 Å². The minimum Gasteiger partial charge on any atom is -0.489 e. The monoisotopic (exact) mass is 372 g/mol. The molecule has 2 aromatic rings. The van der Waals surface area contributed by atoms with Gasteiger partial charge in [0, 0.05) is 43.3 Å². The van der Waals surface area contributed by atoms with Gasteiger partial charge in [-0.15, -0.1) is 0 Å². The fourth-order valence-corrected chi connectivity index (χ4v) is 3.08. The first-order chi connectivity index (χ1) is 12.7. The maximum absolute atomic E-state index is 12.9. The molecule has 3 rings (SSSR count). The van der Waals surface area contributed by atoms with Gasteiger partial charge >= 0.3 is 0 Å². The molecule has 0 saturated carbocycles. The van der Waals surface area contributed by atoms with Gasteiger partial charge in [-0.25, -0.2) is 15.0 Å². The summed E-state index contributed by atoms with van der Waals surface area (Å²) in [6.07, 6.45) is 3.34. The SMILES string of the molecule is CC(C)c1nc(N2CCC(Oc3ccc(F)nc3)CC2)cc(C(C)(C)C)n1. The number of halogens is 1. The minimum atomic E-state index is -0.489. The summed E-state index contributed by atoms with van der Waals surface area (Å²) in [5.74, 6) is 2.32. The third-order valence-electron chi connectivity index (χ3n) is 4.78. The van der Waals surface area contributed by atoms with Crippen molar-refractivity contribution in [2.45, 2.75) is 64.9 Å². The molecule has 1 fully saturated rings. The second kappa shape index (κ2) is 7.79. The Morgan fingerprint density at radius 3 is 2.41 bits per heavy atom. The van der Waals surface area contributed by atoms with E-state index in [4.69, 9.17) is 14.7 Å². The quantitative estimate of drug-likeness (QED) is 0.741. The van der Waals surface area contributed by atoms with Crippen LogP contribution in [0, 0.1) is 5.95 Å². The van der Waals surface area contributed by atoms with Crippen LogP contribution in [0.5, 0.6) is 5.75 Å². The van der Waals surface area contributed by atoms with Crippen LogP contribution in [0.3, 0.4) is 0 Å². The molecule has 0 amide bonds. The summed E-state index contributed by atoms with van der Waals surface area (Å²) in [7, 11) is 0. The third kappa shape index (κ3) is 4.93. The van der Waals surface area contributed by atoms with Crippen LogP contribution < -0.4 is 9.64 Å². The number of aromatic nitrogens is 3. The molecule has 146 valence electrons. The Hall–Kier alpha value is -2.24. The molecule has 0 spiro atoms. The molecule has 0 radical (unpaired) electrons. The molecule has 2 aromatic heterocycles.